The molecule has 0 aliphatic heterocycles. The third kappa shape index (κ3) is 32.4. The number of benzene rings is 14. The first-order valence-electron chi connectivity index (χ1n) is 44.0. The number of aromatic nitrogens is 1. The van der Waals surface area contributed by atoms with E-state index in [0.29, 0.717) is 64.9 Å². The number of phenols is 5. The topological polar surface area (TPSA) is 214 Å². The van der Waals surface area contributed by atoms with Gasteiger partial charge in [0.25, 0.3) is 5.91 Å². The van der Waals surface area contributed by atoms with E-state index in [1.807, 2.05) is 167 Å². The van der Waals surface area contributed by atoms with Crippen molar-refractivity contribution in [2.45, 2.75) is 120 Å². The minimum absolute atomic E-state index is 0.0613. The van der Waals surface area contributed by atoms with Crippen LogP contribution in [0, 0.1) is 62.3 Å². The fourth-order valence-electron chi connectivity index (χ4n) is 15.2. The van der Waals surface area contributed by atoms with Crippen LogP contribution >= 0.6 is 86.9 Å². The van der Waals surface area contributed by atoms with Crippen molar-refractivity contribution in [1.29, 1.82) is 0 Å². The molecule has 702 valence electrons. The molecule has 0 saturated heterocycles. The molecule has 21 heteroatoms. The fourth-order valence-corrected chi connectivity index (χ4v) is 18.3. The third-order valence-electron chi connectivity index (χ3n) is 22.1. The number of hydrogen-bond acceptors (Lipinski definition) is 14. The van der Waals surface area contributed by atoms with E-state index in [4.69, 9.17) is 46.9 Å². The molecule has 0 spiro atoms. The summed E-state index contributed by atoms with van der Waals surface area (Å²) in [6.07, 6.45) is 9.30. The molecule has 0 aliphatic rings. The summed E-state index contributed by atoms with van der Waals surface area (Å²) in [5, 5.41) is 54.5. The summed E-state index contributed by atoms with van der Waals surface area (Å²) >= 11 is 26.0. The van der Waals surface area contributed by atoms with Crippen LogP contribution in [0.3, 0.4) is 0 Å². The number of phenolic OH excluding ortho intramolecular Hbond substituents is 5. The first-order valence-corrected chi connectivity index (χ1v) is 47.9. The van der Waals surface area contributed by atoms with Gasteiger partial charge in [0.15, 0.2) is 0 Å². The van der Waals surface area contributed by atoms with Crippen molar-refractivity contribution < 1.29 is 54.0 Å². The van der Waals surface area contributed by atoms with Gasteiger partial charge in [0.1, 0.15) is 57.5 Å². The Hall–Kier alpha value is -12.5. The Morgan fingerprint density at radius 1 is 0.346 bits per heavy atom. The van der Waals surface area contributed by atoms with Crippen LogP contribution in [-0.2, 0) is 58.2 Å². The molecular weight excluding hydrogens is 2000 g/mol. The zero-order chi connectivity index (χ0) is 98.1. The van der Waals surface area contributed by atoms with Gasteiger partial charge in [-0.15, -0.1) is 0 Å². The van der Waals surface area contributed by atoms with Gasteiger partial charge in [-0.25, -0.2) is 0 Å². The van der Waals surface area contributed by atoms with Crippen LogP contribution in [0.4, 0.5) is 0 Å². The molecule has 0 unspecified atom stereocenters. The van der Waals surface area contributed by atoms with Crippen molar-refractivity contribution in [1.82, 2.24) is 10.3 Å². The molecular formula is C115H114Br4Cl2N4O11. The van der Waals surface area contributed by atoms with Crippen LogP contribution in [0.15, 0.2) is 307 Å². The van der Waals surface area contributed by atoms with Crippen molar-refractivity contribution >= 4 is 105 Å². The molecule has 15 rings (SSSR count). The molecule has 1 aromatic heterocycles. The lowest BCUT2D eigenvalue weighted by atomic mass is 9.94. The summed E-state index contributed by atoms with van der Waals surface area (Å²) in [5.74, 6) is 4.89. The zero-order valence-corrected chi connectivity index (χ0v) is 86.7. The van der Waals surface area contributed by atoms with Gasteiger partial charge in [-0.2, -0.15) is 0 Å². The number of amides is 1. The van der Waals surface area contributed by atoms with E-state index in [9.17, 15) is 30.3 Å². The maximum atomic E-state index is 12.0. The predicted octanol–water partition coefficient (Wildman–Crippen LogP) is 28.9. The van der Waals surface area contributed by atoms with Crippen molar-refractivity contribution in [3.8, 4) is 57.5 Å². The van der Waals surface area contributed by atoms with Crippen LogP contribution in [0.5, 0.6) is 57.5 Å². The van der Waals surface area contributed by atoms with E-state index in [0.717, 1.165) is 162 Å². The van der Waals surface area contributed by atoms with Gasteiger partial charge < -0.3 is 54.5 Å². The Kier molecular flexibility index (Phi) is 40.8. The van der Waals surface area contributed by atoms with Crippen molar-refractivity contribution in [2.24, 2.45) is 9.98 Å². The van der Waals surface area contributed by atoms with Gasteiger partial charge >= 0.3 is 0 Å². The number of methoxy groups -OCH3 is 5. The number of aromatic hydroxyl groups is 5. The molecule has 14 aromatic carbocycles. The second-order valence-electron chi connectivity index (χ2n) is 33.1. The number of carbonyl (C=O) groups excluding carboxylic acids is 1. The summed E-state index contributed by atoms with van der Waals surface area (Å²) in [5.41, 5.74) is 28.1. The second kappa shape index (κ2) is 52.6. The maximum absolute atomic E-state index is 12.0. The van der Waals surface area contributed by atoms with E-state index < -0.39 is 0 Å². The molecule has 0 saturated carbocycles. The molecule has 0 fully saturated rings. The number of carbonyl (C=O) groups is 1. The SMILES string of the molecule is COc1c(Br)cc(Br)cc1C=NCc1ccc(C)cc1.COc1ccc(C)cc1Cc1cc(C)cc(Cc2cc(C)ccc2O)c1OC.COc1ccc(Cl)cc1Cc1cc(Cl)cc(Cc2cc(C)ccc2O)c1OC.Cc1cc(O)c(C=NCc2ccccn2)cc1C.Cc1cccc(Cc2ccc(Cc3cccc(C)c3)c(O)c2)c1.O=C(NCc1ccccc1)c1cc(Br)cc(Br)c1O. The number of nitrogens with one attached hydrogen (secondary N) is 1. The first kappa shape index (κ1) is 106. The average Bonchev–Trinajstić information content (AvgIpc) is 0.797. The van der Waals surface area contributed by atoms with E-state index >= 15 is 0 Å². The van der Waals surface area contributed by atoms with Gasteiger partial charge in [-0.1, -0.05) is 264 Å². The van der Waals surface area contributed by atoms with E-state index in [1.54, 1.807) is 84.4 Å². The van der Waals surface area contributed by atoms with Crippen LogP contribution < -0.4 is 29.0 Å². The van der Waals surface area contributed by atoms with Gasteiger partial charge in [0, 0.05) is 104 Å². The maximum Gasteiger partial charge on any atom is 0.255 e. The van der Waals surface area contributed by atoms with Gasteiger partial charge in [0.2, 0.25) is 0 Å². The first-order chi connectivity index (χ1) is 65.2. The highest BCUT2D eigenvalue weighted by Gasteiger charge is 2.21. The molecule has 0 aliphatic carbocycles. The van der Waals surface area contributed by atoms with E-state index in [2.05, 4.69) is 222 Å². The lowest BCUT2D eigenvalue weighted by Crippen LogP contribution is -2.22. The lowest BCUT2D eigenvalue weighted by molar-refractivity contribution is 0.0948. The Bertz CT molecular complexity index is 6480. The number of aryl methyl sites for hydroxylation is 9. The zero-order valence-electron chi connectivity index (χ0n) is 78.9. The Morgan fingerprint density at radius 3 is 1.38 bits per heavy atom. The monoisotopic (exact) mass is 2110 g/mol. The number of aliphatic imine (C=N–C) groups is 2. The minimum atomic E-state index is -0.316. The summed E-state index contributed by atoms with van der Waals surface area (Å²) in [4.78, 5) is 25.0. The average molecular weight is 2120 g/mol. The largest absolute Gasteiger partial charge is 0.508 e. The molecule has 0 atom stereocenters. The minimum Gasteiger partial charge on any atom is -0.508 e. The second-order valence-corrected chi connectivity index (χ2v) is 37.5. The predicted molar refractivity (Wildman–Crippen MR) is 570 cm³/mol. The van der Waals surface area contributed by atoms with Crippen LogP contribution in [-0.4, -0.2) is 84.4 Å². The Balaban J connectivity index is 0.000000170. The number of halogens is 6. The molecule has 15 aromatic rings. The normalized spacial score (nSPS) is 10.7. The molecule has 0 radical (unpaired) electrons. The molecule has 1 heterocycles. The fraction of sp³-hybridized carbons (Fsp3) is 0.200. The molecule has 0 bridgehead atoms. The van der Waals surface area contributed by atoms with Crippen molar-refractivity contribution in [3.63, 3.8) is 0 Å². The molecule has 1 amide bonds. The van der Waals surface area contributed by atoms with Gasteiger partial charge in [0.05, 0.1) is 68.8 Å². The van der Waals surface area contributed by atoms with Crippen molar-refractivity contribution in [3.05, 3.63) is 457 Å². The van der Waals surface area contributed by atoms with Crippen LogP contribution in [0.2, 0.25) is 10.0 Å². The molecule has 136 heavy (non-hydrogen) atoms. The highest BCUT2D eigenvalue weighted by Crippen LogP contribution is 2.40. The summed E-state index contributed by atoms with van der Waals surface area (Å²) in [7, 11) is 8.34. The van der Waals surface area contributed by atoms with Crippen molar-refractivity contribution in [2.75, 3.05) is 35.5 Å². The Labute approximate surface area is 843 Å². The number of rotatable bonds is 26. The van der Waals surface area contributed by atoms with Gasteiger partial charge in [-0.3, -0.25) is 19.8 Å². The lowest BCUT2D eigenvalue weighted by Gasteiger charge is -2.17. The smallest absolute Gasteiger partial charge is 0.255 e. The summed E-state index contributed by atoms with van der Waals surface area (Å²) in [6.45, 7) is 20.1. The van der Waals surface area contributed by atoms with Crippen LogP contribution in [0.25, 0.3) is 0 Å². The summed E-state index contributed by atoms with van der Waals surface area (Å²) in [6, 6.07) is 88.7. The van der Waals surface area contributed by atoms with Gasteiger partial charge in [-0.05, 0) is 276 Å². The third-order valence-corrected chi connectivity index (χ3v) is 24.6. The van der Waals surface area contributed by atoms with E-state index in [1.165, 1.54) is 44.5 Å². The highest BCUT2D eigenvalue weighted by molar-refractivity contribution is 9.11. The molecule has 6 N–H and O–H groups in total. The quantitative estimate of drug-likeness (QED) is 0.0279. The Morgan fingerprint density at radius 2 is 0.809 bits per heavy atom. The number of nitrogens with zero attached hydrogens (tertiary/aromatic N) is 3. The van der Waals surface area contributed by atoms with E-state index in [-0.39, 0.29) is 28.7 Å². The standard InChI is InChI=1S/C25H28O3.C23H22Cl2O3.C22H22O.C16H15Br2NO.C15H16N2O.C14H11Br2NO2/c1-16-6-8-23(26)19(10-16)14-21-12-18(3)13-22(25(21)28-5)15-20-11-17(2)7-9-24(20)27-4;1-14-4-6-21(26)15(8-14)9-17-12-20(25)13-18(23(17)28-3)10-16-11-19(24)5-7-22(16)27-2;1-16-5-3-7-18(11-16)13-20-9-10-21(22(23)15-20)14-19-8-4-6-17(2)12-19;1-11-3-5-12(6-4-11)9-19-10-13-7-14(17)8-15(18)16(13)20-2;1-11-7-13(15(18)8-12(11)2)9-16-10-14-5-3-4-6-17-14;15-10-6-11(13(18)12(16)7-10)14(19)17-8-9-4-2-1-3-5-9/h6-13,26H,14-15H2,1-5H3;4-8,11-13,26H,9-10H2,1-3H3;3-12,15,23H,13-14H2,1-2H3;3-8,10H,9H2,1-2H3;3-9,18H,10H2,1-2H3;1-7,18H,8H2,(H,17,19). The number of hydrogen-bond donors (Lipinski definition) is 6. The number of pyridine rings is 1. The van der Waals surface area contributed by atoms with Crippen LogP contribution in [0.1, 0.15) is 155 Å². The number of ether oxygens (including phenoxy) is 5. The molecule has 15 nitrogen and oxygen atoms in total. The highest BCUT2D eigenvalue weighted by atomic mass is 79.9. The summed E-state index contributed by atoms with van der Waals surface area (Å²) < 4.78 is 31.1.